The molecule has 8 heteroatoms. The van der Waals surface area contributed by atoms with Crippen molar-refractivity contribution >= 4 is 55.7 Å². The van der Waals surface area contributed by atoms with E-state index in [2.05, 4.69) is 216 Å². The summed E-state index contributed by atoms with van der Waals surface area (Å²) >= 11 is 0. The molecule has 0 spiro atoms. The smallest absolute Gasteiger partial charge is 0.165 e. The highest BCUT2D eigenvalue weighted by Crippen LogP contribution is 2.45. The van der Waals surface area contributed by atoms with Crippen LogP contribution in [0.1, 0.15) is 45.6 Å². The average Bonchev–Trinajstić information content (AvgIpc) is 4.25. The molecular formula is C68H44N8. The molecule has 2 aliphatic rings. The van der Waals surface area contributed by atoms with E-state index >= 15 is 0 Å². The zero-order chi connectivity index (χ0) is 50.4. The van der Waals surface area contributed by atoms with Crippen LogP contribution in [0.15, 0.2) is 255 Å². The number of hydrogen-bond acceptors (Lipinski definition) is 6. The van der Waals surface area contributed by atoms with Gasteiger partial charge in [-0.1, -0.05) is 255 Å². The van der Waals surface area contributed by atoms with Crippen molar-refractivity contribution in [1.82, 2.24) is 39.9 Å². The molecule has 0 amide bonds. The number of benzene rings is 9. The van der Waals surface area contributed by atoms with E-state index < -0.39 is 0 Å². The van der Waals surface area contributed by atoms with E-state index in [1.807, 2.05) is 48.5 Å². The molecule has 76 heavy (non-hydrogen) atoms. The summed E-state index contributed by atoms with van der Waals surface area (Å²) in [6, 6.07) is 87.7. The van der Waals surface area contributed by atoms with Gasteiger partial charge in [0, 0.05) is 44.2 Å². The fourth-order valence-corrected chi connectivity index (χ4v) is 10.8. The molecule has 14 rings (SSSR count). The number of H-pyrrole nitrogens is 2. The highest BCUT2D eigenvalue weighted by atomic mass is 15.1. The number of nitrogens with one attached hydrogen (secondary N) is 2. The molecule has 0 unspecified atom stereocenters. The molecule has 0 fully saturated rings. The highest BCUT2D eigenvalue weighted by molar-refractivity contribution is 6.19. The summed E-state index contributed by atoms with van der Waals surface area (Å²) in [6.45, 7) is 0. The maximum atomic E-state index is 5.74. The van der Waals surface area contributed by atoms with E-state index in [1.54, 1.807) is 0 Å². The second kappa shape index (κ2) is 18.9. The molecule has 8 bridgehead atoms. The predicted molar refractivity (Wildman–Crippen MR) is 307 cm³/mol. The van der Waals surface area contributed by atoms with Crippen LogP contribution in [0.2, 0.25) is 0 Å². The highest BCUT2D eigenvalue weighted by Gasteiger charge is 2.30. The van der Waals surface area contributed by atoms with Crippen LogP contribution in [0.4, 0.5) is 0 Å². The van der Waals surface area contributed by atoms with E-state index in [-0.39, 0.29) is 0 Å². The predicted octanol–water partition coefficient (Wildman–Crippen LogP) is 15.7. The molecule has 0 atom stereocenters. The van der Waals surface area contributed by atoms with E-state index in [0.29, 0.717) is 45.9 Å². The summed E-state index contributed by atoms with van der Waals surface area (Å²) < 4.78 is 0. The van der Waals surface area contributed by atoms with Crippen LogP contribution in [-0.4, -0.2) is 39.9 Å². The average molecular weight is 973 g/mol. The Labute approximate surface area is 438 Å². The Morgan fingerprint density at radius 2 is 0.421 bits per heavy atom. The normalized spacial score (nSPS) is 12.4. The number of fused-ring (bicyclic) bond motifs is 11. The SMILES string of the molecule is c1ccc(C2=C(c3ccccc3)c3nc2nc2[nH]c(nc4nc(nc5[nH]c(n3)c3c(-c6ccccc6)ccc(-c6ccccc6)c53)C(c3ccccc3)=C4c3ccccc3)c(-c3ccccc3)c2-c2ccccc2)cc1. The Hall–Kier alpha value is -10.4. The number of hydrogen-bond donors (Lipinski definition) is 2. The van der Waals surface area contributed by atoms with Gasteiger partial charge in [0.25, 0.3) is 0 Å². The summed E-state index contributed by atoms with van der Waals surface area (Å²) in [5.41, 5.74) is 17.3. The van der Waals surface area contributed by atoms with Crippen LogP contribution in [0, 0.1) is 0 Å². The second-order valence-corrected chi connectivity index (χ2v) is 18.7. The zero-order valence-corrected chi connectivity index (χ0v) is 40.9. The first-order valence-corrected chi connectivity index (χ1v) is 25.4. The van der Waals surface area contributed by atoms with Crippen LogP contribution in [0.25, 0.3) is 100 Å². The van der Waals surface area contributed by atoms with Gasteiger partial charge in [0.05, 0.1) is 0 Å². The van der Waals surface area contributed by atoms with Gasteiger partial charge < -0.3 is 9.97 Å². The molecule has 0 saturated heterocycles. The van der Waals surface area contributed by atoms with Gasteiger partial charge in [-0.3, -0.25) is 0 Å². The third-order valence-electron chi connectivity index (χ3n) is 14.1. The van der Waals surface area contributed by atoms with Gasteiger partial charge in [-0.05, 0) is 55.6 Å². The second-order valence-electron chi connectivity index (χ2n) is 18.7. The van der Waals surface area contributed by atoms with E-state index in [4.69, 9.17) is 29.9 Å². The van der Waals surface area contributed by atoms with Gasteiger partial charge in [0.2, 0.25) is 0 Å². The number of aromatic nitrogens is 8. The fraction of sp³-hybridized carbons (Fsp3) is 0. The number of aromatic amines is 2. The van der Waals surface area contributed by atoms with Crippen LogP contribution in [0.5, 0.6) is 0 Å². The third kappa shape index (κ3) is 7.80. The summed E-state index contributed by atoms with van der Waals surface area (Å²) in [5.74, 6) is 2.00. The van der Waals surface area contributed by atoms with E-state index in [9.17, 15) is 0 Å². The van der Waals surface area contributed by atoms with Crippen molar-refractivity contribution in [2.75, 3.05) is 0 Å². The maximum Gasteiger partial charge on any atom is 0.165 e. The first-order chi connectivity index (χ1) is 37.7. The molecular weight excluding hydrogens is 929 g/mol. The quantitative estimate of drug-likeness (QED) is 0.157. The Morgan fingerprint density at radius 3 is 0.697 bits per heavy atom. The van der Waals surface area contributed by atoms with Crippen molar-refractivity contribution < 1.29 is 0 Å². The zero-order valence-electron chi connectivity index (χ0n) is 40.9. The summed E-state index contributed by atoms with van der Waals surface area (Å²) in [5, 5.41) is 1.79. The molecule has 356 valence electrons. The van der Waals surface area contributed by atoms with Gasteiger partial charge in [-0.25, -0.2) is 29.9 Å². The van der Waals surface area contributed by atoms with Gasteiger partial charge >= 0.3 is 0 Å². The molecule has 8 nitrogen and oxygen atoms in total. The first kappa shape index (κ1) is 44.3. The first-order valence-electron chi connectivity index (χ1n) is 25.4. The Kier molecular flexibility index (Phi) is 11.0. The lowest BCUT2D eigenvalue weighted by atomic mass is 9.94. The molecule has 0 aliphatic carbocycles. The van der Waals surface area contributed by atoms with E-state index in [1.165, 1.54) is 0 Å². The largest absolute Gasteiger partial charge is 0.324 e. The lowest BCUT2D eigenvalue weighted by Gasteiger charge is -2.10. The van der Waals surface area contributed by atoms with Crippen LogP contribution in [0.3, 0.4) is 0 Å². The molecule has 0 saturated carbocycles. The minimum Gasteiger partial charge on any atom is -0.324 e. The maximum absolute atomic E-state index is 5.74. The summed E-state index contributed by atoms with van der Waals surface area (Å²) in [4.78, 5) is 41.6. The van der Waals surface area contributed by atoms with Crippen LogP contribution >= 0.6 is 0 Å². The van der Waals surface area contributed by atoms with Crippen molar-refractivity contribution in [1.29, 1.82) is 0 Å². The number of rotatable bonds is 8. The van der Waals surface area contributed by atoms with Crippen molar-refractivity contribution in [2.45, 2.75) is 0 Å². The van der Waals surface area contributed by atoms with Crippen molar-refractivity contribution in [3.05, 3.63) is 300 Å². The Bertz CT molecular complexity index is 4110. The van der Waals surface area contributed by atoms with Gasteiger partial charge in [0.15, 0.2) is 23.3 Å². The molecule has 9 aromatic carbocycles. The minimum atomic E-state index is 0.500. The van der Waals surface area contributed by atoms with Crippen LogP contribution in [-0.2, 0) is 0 Å². The molecule has 0 radical (unpaired) electrons. The number of nitrogens with zero attached hydrogens (tertiary/aromatic N) is 6. The molecule has 2 N–H and O–H groups in total. The van der Waals surface area contributed by atoms with Gasteiger partial charge in [-0.2, -0.15) is 0 Å². The van der Waals surface area contributed by atoms with Gasteiger partial charge in [0.1, 0.15) is 22.6 Å². The standard InChI is InChI=1S/C68H44N8/c1-9-25-43(26-10-1)51-41-42-52(44-27-11-2-12-28-44)60-59(51)67-74-65-57(49-37-21-7-22-38-49)55(47-33-17-5-18-34-47)63(72-65)70-61-53(45-29-13-3-14-30-45)54(46-31-15-4-16-32-46)62(69-61)71-64-56(48-35-19-6-20-36-48)58(50-39-23-8-24-40-50)66(73-64)75-68(60)76-67/h1-42H,(H2,69,70,71,72,73,74,75,76). The lowest BCUT2D eigenvalue weighted by Crippen LogP contribution is -1.94. The topological polar surface area (TPSA) is 109 Å². The van der Waals surface area contributed by atoms with Gasteiger partial charge in [-0.15, -0.1) is 0 Å². The monoisotopic (exact) mass is 972 g/mol. The molecule has 2 aliphatic heterocycles. The van der Waals surface area contributed by atoms with Crippen molar-refractivity contribution in [3.8, 4) is 44.5 Å². The van der Waals surface area contributed by atoms with E-state index in [0.717, 1.165) is 99.8 Å². The lowest BCUT2D eigenvalue weighted by molar-refractivity contribution is 1.10. The molecule has 5 heterocycles. The van der Waals surface area contributed by atoms with Crippen molar-refractivity contribution in [3.63, 3.8) is 0 Å². The van der Waals surface area contributed by atoms with Crippen molar-refractivity contribution in [2.24, 2.45) is 0 Å². The summed E-state index contributed by atoms with van der Waals surface area (Å²) in [6.07, 6.45) is 0. The van der Waals surface area contributed by atoms with Crippen LogP contribution < -0.4 is 0 Å². The minimum absolute atomic E-state index is 0.500. The molecule has 3 aromatic heterocycles. The molecule has 12 aromatic rings. The Morgan fingerprint density at radius 1 is 0.197 bits per heavy atom. The summed E-state index contributed by atoms with van der Waals surface area (Å²) in [7, 11) is 0. The Balaban J connectivity index is 1.25. The fourth-order valence-electron chi connectivity index (χ4n) is 10.8. The third-order valence-corrected chi connectivity index (χ3v) is 14.1.